The van der Waals surface area contributed by atoms with Crippen LogP contribution >= 0.6 is 0 Å². The van der Waals surface area contributed by atoms with Gasteiger partial charge in [-0.3, -0.25) is 14.5 Å². The fourth-order valence-electron chi connectivity index (χ4n) is 4.09. The van der Waals surface area contributed by atoms with Gasteiger partial charge in [0.15, 0.2) is 0 Å². The Bertz CT molecular complexity index is 629. The lowest BCUT2D eigenvalue weighted by Crippen LogP contribution is -2.45. The molecule has 0 spiro atoms. The molecule has 27 heavy (non-hydrogen) atoms. The van der Waals surface area contributed by atoms with Gasteiger partial charge in [-0.2, -0.15) is 0 Å². The van der Waals surface area contributed by atoms with Gasteiger partial charge in [-0.15, -0.1) is 0 Å². The largest absolute Gasteiger partial charge is 0.342 e. The SMILES string of the molecule is CCc1ccc(CN(C)C(=O)CN2CCC(C(=O)N3CCCC3)CC2)cc1. The molecule has 148 valence electrons. The van der Waals surface area contributed by atoms with Crippen LogP contribution in [0.4, 0.5) is 0 Å². The standard InChI is InChI=1S/C22H33N3O2/c1-3-18-6-8-19(9-7-18)16-23(2)21(26)17-24-14-10-20(11-15-24)22(27)25-12-4-5-13-25/h6-9,20H,3-5,10-17H2,1-2H3. The number of piperidine rings is 1. The third-order valence-corrected chi connectivity index (χ3v) is 5.99. The van der Waals surface area contributed by atoms with Crippen molar-refractivity contribution in [3.05, 3.63) is 35.4 Å². The van der Waals surface area contributed by atoms with Crippen molar-refractivity contribution in [3.63, 3.8) is 0 Å². The predicted molar refractivity (Wildman–Crippen MR) is 107 cm³/mol. The number of hydrogen-bond acceptors (Lipinski definition) is 3. The molecule has 2 aliphatic heterocycles. The Morgan fingerprint density at radius 1 is 1.00 bits per heavy atom. The van der Waals surface area contributed by atoms with Crippen molar-refractivity contribution in [3.8, 4) is 0 Å². The molecule has 0 unspecified atom stereocenters. The second-order valence-corrected chi connectivity index (χ2v) is 8.00. The molecular formula is C22H33N3O2. The zero-order valence-corrected chi connectivity index (χ0v) is 16.8. The Kier molecular flexibility index (Phi) is 6.89. The second-order valence-electron chi connectivity index (χ2n) is 8.00. The predicted octanol–water partition coefficient (Wildman–Crippen LogP) is 2.54. The summed E-state index contributed by atoms with van der Waals surface area (Å²) in [6.45, 7) is 6.79. The molecule has 5 heteroatoms. The van der Waals surface area contributed by atoms with E-state index in [0.717, 1.165) is 63.8 Å². The average molecular weight is 372 g/mol. The van der Waals surface area contributed by atoms with Crippen molar-refractivity contribution in [2.75, 3.05) is 39.8 Å². The molecule has 0 radical (unpaired) electrons. The summed E-state index contributed by atoms with van der Waals surface area (Å²) in [6.07, 6.45) is 5.08. The van der Waals surface area contributed by atoms with Gasteiger partial charge in [0.2, 0.25) is 11.8 Å². The van der Waals surface area contributed by atoms with Gasteiger partial charge in [-0.1, -0.05) is 31.2 Å². The summed E-state index contributed by atoms with van der Waals surface area (Å²) in [5, 5.41) is 0. The van der Waals surface area contributed by atoms with Crippen molar-refractivity contribution >= 4 is 11.8 Å². The number of aryl methyl sites for hydroxylation is 1. The molecule has 0 aliphatic carbocycles. The van der Waals surface area contributed by atoms with E-state index in [9.17, 15) is 9.59 Å². The second kappa shape index (κ2) is 9.36. The number of carbonyl (C=O) groups is 2. The summed E-state index contributed by atoms with van der Waals surface area (Å²) in [7, 11) is 1.87. The summed E-state index contributed by atoms with van der Waals surface area (Å²) in [5.74, 6) is 0.647. The van der Waals surface area contributed by atoms with Gasteiger partial charge >= 0.3 is 0 Å². The minimum absolute atomic E-state index is 0.152. The molecule has 5 nitrogen and oxygen atoms in total. The first-order chi connectivity index (χ1) is 13.1. The number of likely N-dealkylation sites (N-methyl/N-ethyl adjacent to an activating group) is 1. The van der Waals surface area contributed by atoms with E-state index in [-0.39, 0.29) is 11.8 Å². The Balaban J connectivity index is 1.42. The van der Waals surface area contributed by atoms with Crippen molar-refractivity contribution in [2.24, 2.45) is 5.92 Å². The highest BCUT2D eigenvalue weighted by atomic mass is 16.2. The summed E-state index contributed by atoms with van der Waals surface area (Å²) in [4.78, 5) is 31.1. The quantitative estimate of drug-likeness (QED) is 0.772. The summed E-state index contributed by atoms with van der Waals surface area (Å²) in [6, 6.07) is 8.49. The molecular weight excluding hydrogens is 338 g/mol. The average Bonchev–Trinajstić information content (AvgIpc) is 3.23. The van der Waals surface area contributed by atoms with E-state index in [1.54, 1.807) is 0 Å². The normalized spacial score (nSPS) is 18.7. The van der Waals surface area contributed by atoms with Crippen LogP contribution in [0.15, 0.2) is 24.3 Å². The zero-order valence-electron chi connectivity index (χ0n) is 16.8. The third kappa shape index (κ3) is 5.32. The van der Waals surface area contributed by atoms with E-state index in [4.69, 9.17) is 0 Å². The molecule has 0 bridgehead atoms. The van der Waals surface area contributed by atoms with Crippen LogP contribution in [0.2, 0.25) is 0 Å². The maximum absolute atomic E-state index is 12.6. The first-order valence-corrected chi connectivity index (χ1v) is 10.4. The third-order valence-electron chi connectivity index (χ3n) is 5.99. The lowest BCUT2D eigenvalue weighted by molar-refractivity contribution is -0.136. The van der Waals surface area contributed by atoms with Crippen LogP contribution in [0, 0.1) is 5.92 Å². The number of amides is 2. The Morgan fingerprint density at radius 3 is 2.19 bits per heavy atom. The number of carbonyl (C=O) groups excluding carboxylic acids is 2. The smallest absolute Gasteiger partial charge is 0.236 e. The van der Waals surface area contributed by atoms with Crippen molar-refractivity contribution < 1.29 is 9.59 Å². The fraction of sp³-hybridized carbons (Fsp3) is 0.636. The Labute approximate surface area is 163 Å². The highest BCUT2D eigenvalue weighted by Gasteiger charge is 2.30. The molecule has 2 amide bonds. The monoisotopic (exact) mass is 371 g/mol. The lowest BCUT2D eigenvalue weighted by atomic mass is 9.95. The number of rotatable bonds is 6. The van der Waals surface area contributed by atoms with Gasteiger partial charge in [0, 0.05) is 32.6 Å². The Morgan fingerprint density at radius 2 is 1.59 bits per heavy atom. The molecule has 2 fully saturated rings. The first-order valence-electron chi connectivity index (χ1n) is 10.4. The molecule has 0 N–H and O–H groups in total. The number of nitrogens with zero attached hydrogens (tertiary/aromatic N) is 3. The van der Waals surface area contributed by atoms with E-state index in [2.05, 4.69) is 36.1 Å². The first kappa shape index (κ1) is 19.9. The van der Waals surface area contributed by atoms with E-state index in [1.807, 2.05) is 16.8 Å². The molecule has 1 aromatic rings. The minimum atomic E-state index is 0.152. The van der Waals surface area contributed by atoms with Crippen LogP contribution in [0.5, 0.6) is 0 Å². The maximum Gasteiger partial charge on any atom is 0.236 e. The molecule has 2 aliphatic rings. The molecule has 3 rings (SSSR count). The fourth-order valence-corrected chi connectivity index (χ4v) is 4.09. The molecule has 0 saturated carbocycles. The van der Waals surface area contributed by atoms with Crippen LogP contribution in [-0.2, 0) is 22.6 Å². The molecule has 2 heterocycles. The molecule has 0 aromatic heterocycles. The van der Waals surface area contributed by atoms with E-state index >= 15 is 0 Å². The van der Waals surface area contributed by atoms with E-state index < -0.39 is 0 Å². The molecule has 1 aromatic carbocycles. The maximum atomic E-state index is 12.6. The van der Waals surface area contributed by atoms with Crippen molar-refractivity contribution in [2.45, 2.75) is 45.6 Å². The number of benzene rings is 1. The van der Waals surface area contributed by atoms with Crippen LogP contribution in [-0.4, -0.2) is 66.3 Å². The van der Waals surface area contributed by atoms with E-state index in [0.29, 0.717) is 19.0 Å². The van der Waals surface area contributed by atoms with Crippen molar-refractivity contribution in [1.82, 2.24) is 14.7 Å². The Hall–Kier alpha value is -1.88. The van der Waals surface area contributed by atoms with Crippen LogP contribution in [0.3, 0.4) is 0 Å². The van der Waals surface area contributed by atoms with Gasteiger partial charge in [0.1, 0.15) is 0 Å². The van der Waals surface area contributed by atoms with E-state index in [1.165, 1.54) is 5.56 Å². The summed E-state index contributed by atoms with van der Waals surface area (Å²) < 4.78 is 0. The van der Waals surface area contributed by atoms with Gasteiger partial charge in [-0.25, -0.2) is 0 Å². The highest BCUT2D eigenvalue weighted by molar-refractivity contribution is 5.79. The van der Waals surface area contributed by atoms with Crippen LogP contribution in [0.25, 0.3) is 0 Å². The highest BCUT2D eigenvalue weighted by Crippen LogP contribution is 2.22. The summed E-state index contributed by atoms with van der Waals surface area (Å²) in [5.41, 5.74) is 2.48. The summed E-state index contributed by atoms with van der Waals surface area (Å²) >= 11 is 0. The lowest BCUT2D eigenvalue weighted by Gasteiger charge is -2.33. The van der Waals surface area contributed by atoms with Gasteiger partial charge in [0.25, 0.3) is 0 Å². The topological polar surface area (TPSA) is 43.9 Å². The molecule has 2 saturated heterocycles. The zero-order chi connectivity index (χ0) is 19.2. The van der Waals surface area contributed by atoms with Gasteiger partial charge in [-0.05, 0) is 56.3 Å². The van der Waals surface area contributed by atoms with Crippen LogP contribution < -0.4 is 0 Å². The van der Waals surface area contributed by atoms with Gasteiger partial charge in [0.05, 0.1) is 6.54 Å². The number of likely N-dealkylation sites (tertiary alicyclic amines) is 2. The molecule has 0 atom stereocenters. The van der Waals surface area contributed by atoms with Gasteiger partial charge < -0.3 is 9.80 Å². The number of hydrogen-bond donors (Lipinski definition) is 0. The van der Waals surface area contributed by atoms with Crippen LogP contribution in [0.1, 0.15) is 43.7 Å². The minimum Gasteiger partial charge on any atom is -0.342 e. The van der Waals surface area contributed by atoms with Crippen molar-refractivity contribution in [1.29, 1.82) is 0 Å².